The maximum atomic E-state index is 10.00. The van der Waals surface area contributed by atoms with Crippen molar-refractivity contribution < 1.29 is 0 Å². The van der Waals surface area contributed by atoms with E-state index in [0.29, 0.717) is 22.3 Å². The zero-order chi connectivity index (χ0) is 30.5. The second-order valence-electron chi connectivity index (χ2n) is 11.6. The number of aromatic nitrogens is 4. The molecule has 0 N–H and O–H groups in total. The van der Waals surface area contributed by atoms with E-state index >= 15 is 0 Å². The summed E-state index contributed by atoms with van der Waals surface area (Å²) in [4.78, 5) is 24.3. The lowest BCUT2D eigenvalue weighted by Crippen LogP contribution is -1.94. The van der Waals surface area contributed by atoms with Crippen molar-refractivity contribution in [2.45, 2.75) is 0 Å². The molecule has 2 heterocycles. The molecule has 0 saturated carbocycles. The van der Waals surface area contributed by atoms with Crippen molar-refractivity contribution >= 4 is 38.5 Å². The summed E-state index contributed by atoms with van der Waals surface area (Å²) in [6, 6.07) is 38.3. The molecule has 0 bridgehead atoms. The quantitative estimate of drug-likeness (QED) is 0.190. The van der Waals surface area contributed by atoms with Gasteiger partial charge in [0.05, 0.1) is 63.0 Å². The Morgan fingerprint density at radius 1 is 0.478 bits per heavy atom. The van der Waals surface area contributed by atoms with E-state index in [2.05, 4.69) is 35.2 Å². The monoisotopic (exact) mass is 582 g/mol. The van der Waals surface area contributed by atoms with Gasteiger partial charge in [-0.05, 0) is 41.0 Å². The summed E-state index contributed by atoms with van der Waals surface area (Å²) in [5.41, 5.74) is 15.1. The summed E-state index contributed by atoms with van der Waals surface area (Å²) < 4.78 is 0. The summed E-state index contributed by atoms with van der Waals surface area (Å²) in [6.07, 6.45) is 0. The van der Waals surface area contributed by atoms with Crippen LogP contribution in [-0.4, -0.2) is 19.9 Å². The van der Waals surface area contributed by atoms with Gasteiger partial charge in [0.1, 0.15) is 0 Å². The molecule has 2 aliphatic carbocycles. The highest BCUT2D eigenvalue weighted by Crippen LogP contribution is 2.55. The lowest BCUT2D eigenvalue weighted by Gasteiger charge is -2.09. The van der Waals surface area contributed by atoms with Gasteiger partial charge in [-0.2, -0.15) is 5.26 Å². The Balaban J connectivity index is 1.18. The Labute approximate surface area is 262 Å². The van der Waals surface area contributed by atoms with Gasteiger partial charge >= 0.3 is 0 Å². The van der Waals surface area contributed by atoms with Crippen molar-refractivity contribution in [3.63, 3.8) is 0 Å². The smallest absolute Gasteiger partial charge is 0.197 e. The van der Waals surface area contributed by atoms with E-state index in [1.165, 1.54) is 0 Å². The molecule has 2 aliphatic rings. The van der Waals surface area contributed by atoms with Gasteiger partial charge in [-0.1, -0.05) is 84.9 Å². The molecule has 0 amide bonds. The molecule has 2 aromatic heterocycles. The molecular formula is C40H18N6. The third kappa shape index (κ3) is 3.22. The first-order valence-corrected chi connectivity index (χ1v) is 14.9. The van der Waals surface area contributed by atoms with Crippen LogP contribution in [0.1, 0.15) is 5.56 Å². The van der Waals surface area contributed by atoms with Crippen LogP contribution in [-0.2, 0) is 0 Å². The highest BCUT2D eigenvalue weighted by molar-refractivity contribution is 6.25. The molecule has 0 fully saturated rings. The van der Waals surface area contributed by atoms with Crippen molar-refractivity contribution in [3.05, 3.63) is 126 Å². The zero-order valence-electron chi connectivity index (χ0n) is 24.1. The number of nitriles is 1. The Hall–Kier alpha value is -6.76. The van der Waals surface area contributed by atoms with Crippen molar-refractivity contribution in [1.82, 2.24) is 19.9 Å². The maximum Gasteiger partial charge on any atom is 0.197 e. The lowest BCUT2D eigenvalue weighted by atomic mass is 9.99. The summed E-state index contributed by atoms with van der Waals surface area (Å²) in [5.74, 6) is 0. The van der Waals surface area contributed by atoms with Crippen LogP contribution < -0.4 is 0 Å². The molecule has 8 aromatic rings. The van der Waals surface area contributed by atoms with Gasteiger partial charge in [0.2, 0.25) is 0 Å². The van der Waals surface area contributed by atoms with Crippen molar-refractivity contribution in [2.75, 3.05) is 0 Å². The van der Waals surface area contributed by atoms with Crippen molar-refractivity contribution in [2.24, 2.45) is 0 Å². The third-order valence-corrected chi connectivity index (χ3v) is 9.18. The van der Waals surface area contributed by atoms with E-state index in [-0.39, 0.29) is 0 Å². The average molecular weight is 583 g/mol. The van der Waals surface area contributed by atoms with Gasteiger partial charge in [0, 0.05) is 38.6 Å². The van der Waals surface area contributed by atoms with Crippen molar-refractivity contribution in [3.8, 4) is 73.4 Å². The van der Waals surface area contributed by atoms with Crippen LogP contribution in [0.4, 0.5) is 5.69 Å². The van der Waals surface area contributed by atoms with Gasteiger partial charge in [0.25, 0.3) is 0 Å². The molecule has 0 saturated heterocycles. The number of nitrogens with zero attached hydrogens (tertiary/aromatic N) is 6. The van der Waals surface area contributed by atoms with Crippen LogP contribution >= 0.6 is 0 Å². The number of benzene rings is 6. The number of hydrogen-bond donors (Lipinski definition) is 0. The van der Waals surface area contributed by atoms with Gasteiger partial charge in [-0.15, -0.1) is 0 Å². The van der Waals surface area contributed by atoms with Crippen molar-refractivity contribution in [1.29, 1.82) is 5.26 Å². The minimum absolute atomic E-state index is 0.554. The topological polar surface area (TPSA) is 79.7 Å². The number of rotatable bonds is 2. The van der Waals surface area contributed by atoms with Crippen LogP contribution in [0.15, 0.2) is 109 Å². The lowest BCUT2D eigenvalue weighted by molar-refractivity contribution is 1.31. The largest absolute Gasteiger partial charge is 0.245 e. The average Bonchev–Trinajstić information content (AvgIpc) is 3.60. The molecule has 6 nitrogen and oxygen atoms in total. The van der Waals surface area contributed by atoms with Gasteiger partial charge in [-0.3, -0.25) is 0 Å². The van der Waals surface area contributed by atoms with Gasteiger partial charge in [0.15, 0.2) is 5.69 Å². The minimum atomic E-state index is 0.554. The van der Waals surface area contributed by atoms with E-state index in [1.807, 2.05) is 84.9 Å². The maximum absolute atomic E-state index is 10.00. The molecule has 6 aromatic carbocycles. The first-order valence-electron chi connectivity index (χ1n) is 14.9. The van der Waals surface area contributed by atoms with E-state index < -0.39 is 0 Å². The molecule has 6 heteroatoms. The van der Waals surface area contributed by atoms with E-state index in [1.54, 1.807) is 0 Å². The van der Waals surface area contributed by atoms with Gasteiger partial charge < -0.3 is 0 Å². The Morgan fingerprint density at radius 2 is 0.891 bits per heavy atom. The summed E-state index contributed by atoms with van der Waals surface area (Å²) in [7, 11) is 0. The van der Waals surface area contributed by atoms with E-state index in [0.717, 1.165) is 89.1 Å². The Kier molecular flexibility index (Phi) is 4.76. The molecule has 46 heavy (non-hydrogen) atoms. The van der Waals surface area contributed by atoms with Crippen LogP contribution in [0.25, 0.3) is 105 Å². The molecule has 10 rings (SSSR count). The van der Waals surface area contributed by atoms with Crippen LogP contribution in [0.2, 0.25) is 0 Å². The minimum Gasteiger partial charge on any atom is -0.245 e. The Bertz CT molecular complexity index is 2560. The molecule has 208 valence electrons. The van der Waals surface area contributed by atoms with Crippen LogP contribution in [0.3, 0.4) is 0 Å². The Morgan fingerprint density at radius 3 is 1.35 bits per heavy atom. The van der Waals surface area contributed by atoms with E-state index in [4.69, 9.17) is 26.5 Å². The number of hydrogen-bond acceptors (Lipinski definition) is 5. The molecule has 0 atom stereocenters. The second-order valence-corrected chi connectivity index (χ2v) is 11.6. The highest BCUT2D eigenvalue weighted by Gasteiger charge is 2.33. The second kappa shape index (κ2) is 8.89. The zero-order valence-corrected chi connectivity index (χ0v) is 24.1. The molecule has 0 spiro atoms. The summed E-state index contributed by atoms with van der Waals surface area (Å²) in [6.45, 7) is 7.86. The summed E-state index contributed by atoms with van der Waals surface area (Å²) in [5, 5.41) is 12.2. The number of fused-ring (bicyclic) bond motifs is 8. The fraction of sp³-hybridized carbons (Fsp3) is 0. The molecule has 0 unspecified atom stereocenters. The first-order chi connectivity index (χ1) is 22.7. The highest BCUT2D eigenvalue weighted by atomic mass is 14.9. The van der Waals surface area contributed by atoms with Crippen LogP contribution in [0, 0.1) is 17.9 Å². The van der Waals surface area contributed by atoms with Gasteiger partial charge in [-0.25, -0.2) is 24.8 Å². The standard InChI is InChI=1S/C40H18N6/c1-42-30-19-34-33(18-29(30)22-10-6-3-7-11-22)45-39-26-13-12-24-35-25(14-15-27(36(26)35)40(39)46-34)38-37(24)43-31-16-23(20-41)28(17-32(31)44-38)21-8-4-2-5-9-21/h2-19H. The fourth-order valence-electron chi connectivity index (χ4n) is 7.12. The molecule has 0 aliphatic heterocycles. The molecular weight excluding hydrogens is 564 g/mol. The van der Waals surface area contributed by atoms with E-state index in [9.17, 15) is 5.26 Å². The fourth-order valence-corrected chi connectivity index (χ4v) is 7.12. The third-order valence-electron chi connectivity index (χ3n) is 9.18. The SMILES string of the molecule is [C-]#[N+]c1cc2nc3c(nc2cc1-c1ccccc1)-c1ccc2c4c(ccc-3c14)-c1nc3cc(-c4ccccc4)c(C#N)cc3nc1-2. The predicted octanol–water partition coefficient (Wildman–Crippen LogP) is 9.78. The predicted molar refractivity (Wildman–Crippen MR) is 181 cm³/mol. The normalized spacial score (nSPS) is 11.9. The summed E-state index contributed by atoms with van der Waals surface area (Å²) >= 11 is 0. The molecule has 0 radical (unpaired) electrons. The first kappa shape index (κ1) is 24.7. The van der Waals surface area contributed by atoms with Crippen LogP contribution in [0.5, 0.6) is 0 Å².